The number of hydrogen-bond acceptors (Lipinski definition) is 3. The number of halogens is 1. The minimum atomic E-state index is -0.313. The fraction of sp³-hybridized carbons (Fsp3) is 0.100. The SMILES string of the molecule is COc1cc(C=O)c2scc(F)c2c1. The van der Waals surface area contributed by atoms with E-state index in [1.165, 1.54) is 23.8 Å². The molecule has 0 aliphatic heterocycles. The summed E-state index contributed by atoms with van der Waals surface area (Å²) in [6, 6.07) is 3.19. The zero-order valence-electron chi connectivity index (χ0n) is 7.41. The average Bonchev–Trinajstić information content (AvgIpc) is 2.59. The predicted molar refractivity (Wildman–Crippen MR) is 53.7 cm³/mol. The lowest BCUT2D eigenvalue weighted by molar-refractivity contribution is 0.112. The Kier molecular flexibility index (Phi) is 2.21. The minimum Gasteiger partial charge on any atom is -0.497 e. The molecule has 0 fully saturated rings. The van der Waals surface area contributed by atoms with Crippen LogP contribution in [0, 0.1) is 5.82 Å². The van der Waals surface area contributed by atoms with E-state index in [0.29, 0.717) is 27.7 Å². The molecule has 1 aromatic carbocycles. The van der Waals surface area contributed by atoms with Gasteiger partial charge in [-0.3, -0.25) is 4.79 Å². The number of aldehydes is 1. The lowest BCUT2D eigenvalue weighted by atomic mass is 10.1. The van der Waals surface area contributed by atoms with Gasteiger partial charge in [0.25, 0.3) is 0 Å². The summed E-state index contributed by atoms with van der Waals surface area (Å²) in [6.45, 7) is 0. The molecule has 0 unspecified atom stereocenters. The Morgan fingerprint density at radius 1 is 1.50 bits per heavy atom. The average molecular weight is 210 g/mol. The molecule has 0 aliphatic carbocycles. The van der Waals surface area contributed by atoms with Crippen LogP contribution in [0.1, 0.15) is 10.4 Å². The van der Waals surface area contributed by atoms with Crippen molar-refractivity contribution in [2.75, 3.05) is 7.11 Å². The normalized spacial score (nSPS) is 10.4. The van der Waals surface area contributed by atoms with Gasteiger partial charge in [0, 0.05) is 21.0 Å². The number of hydrogen-bond donors (Lipinski definition) is 0. The Labute approximate surface area is 83.9 Å². The van der Waals surface area contributed by atoms with E-state index >= 15 is 0 Å². The van der Waals surface area contributed by atoms with E-state index in [1.807, 2.05) is 0 Å². The maximum atomic E-state index is 13.2. The van der Waals surface area contributed by atoms with Crippen LogP contribution in [0.25, 0.3) is 10.1 Å². The molecule has 0 atom stereocenters. The molecule has 14 heavy (non-hydrogen) atoms. The molecule has 0 bridgehead atoms. The topological polar surface area (TPSA) is 26.3 Å². The van der Waals surface area contributed by atoms with Gasteiger partial charge in [-0.15, -0.1) is 11.3 Å². The first-order valence-electron chi connectivity index (χ1n) is 3.96. The van der Waals surface area contributed by atoms with Crippen molar-refractivity contribution in [2.24, 2.45) is 0 Å². The molecule has 1 aromatic heterocycles. The van der Waals surface area contributed by atoms with Gasteiger partial charge in [0.1, 0.15) is 11.6 Å². The van der Waals surface area contributed by atoms with Crippen molar-refractivity contribution < 1.29 is 13.9 Å². The van der Waals surface area contributed by atoms with Crippen molar-refractivity contribution >= 4 is 27.7 Å². The van der Waals surface area contributed by atoms with Crippen molar-refractivity contribution in [3.63, 3.8) is 0 Å². The predicted octanol–water partition coefficient (Wildman–Crippen LogP) is 2.86. The van der Waals surface area contributed by atoms with Crippen molar-refractivity contribution in [1.29, 1.82) is 0 Å². The number of carbonyl (C=O) groups is 1. The summed E-state index contributed by atoms with van der Waals surface area (Å²) in [5, 5.41) is 1.83. The maximum absolute atomic E-state index is 13.2. The van der Waals surface area contributed by atoms with Gasteiger partial charge >= 0.3 is 0 Å². The molecule has 0 amide bonds. The maximum Gasteiger partial charge on any atom is 0.151 e. The minimum absolute atomic E-state index is 0.313. The second-order valence-electron chi connectivity index (χ2n) is 2.79. The molecule has 4 heteroatoms. The Hall–Kier alpha value is -1.42. The number of benzene rings is 1. The van der Waals surface area contributed by atoms with Gasteiger partial charge in [0.2, 0.25) is 0 Å². The van der Waals surface area contributed by atoms with E-state index in [0.717, 1.165) is 0 Å². The standard InChI is InChI=1S/C10H7FO2S/c1-13-7-2-6(4-12)10-8(3-7)9(11)5-14-10/h2-5H,1H3. The van der Waals surface area contributed by atoms with E-state index in [1.54, 1.807) is 12.1 Å². The fourth-order valence-corrected chi connectivity index (χ4v) is 2.19. The highest BCUT2D eigenvalue weighted by molar-refractivity contribution is 7.17. The first-order chi connectivity index (χ1) is 6.76. The van der Waals surface area contributed by atoms with E-state index in [4.69, 9.17) is 4.74 Å². The molecule has 2 rings (SSSR count). The van der Waals surface area contributed by atoms with Crippen LogP contribution in [0.15, 0.2) is 17.5 Å². The van der Waals surface area contributed by atoms with Crippen molar-refractivity contribution in [3.05, 3.63) is 28.9 Å². The monoisotopic (exact) mass is 210 g/mol. The van der Waals surface area contributed by atoms with E-state index < -0.39 is 0 Å². The summed E-state index contributed by atoms with van der Waals surface area (Å²) < 4.78 is 18.9. The lowest BCUT2D eigenvalue weighted by Crippen LogP contribution is -1.86. The summed E-state index contributed by atoms with van der Waals surface area (Å²) in [5.74, 6) is 0.184. The van der Waals surface area contributed by atoms with Crippen LogP contribution in [0.4, 0.5) is 4.39 Å². The highest BCUT2D eigenvalue weighted by atomic mass is 32.1. The molecule has 0 spiro atoms. The highest BCUT2D eigenvalue weighted by Crippen LogP contribution is 2.31. The van der Waals surface area contributed by atoms with Gasteiger partial charge in [-0.2, -0.15) is 0 Å². The molecule has 0 N–H and O–H groups in total. The molecule has 2 nitrogen and oxygen atoms in total. The van der Waals surface area contributed by atoms with Crippen LogP contribution in [-0.4, -0.2) is 13.4 Å². The van der Waals surface area contributed by atoms with Crippen LogP contribution in [0.5, 0.6) is 5.75 Å². The quantitative estimate of drug-likeness (QED) is 0.712. The summed E-state index contributed by atoms with van der Waals surface area (Å²) in [4.78, 5) is 10.7. The van der Waals surface area contributed by atoms with Gasteiger partial charge in [0.15, 0.2) is 6.29 Å². The highest BCUT2D eigenvalue weighted by Gasteiger charge is 2.09. The Morgan fingerprint density at radius 3 is 2.93 bits per heavy atom. The zero-order valence-corrected chi connectivity index (χ0v) is 8.23. The fourth-order valence-electron chi connectivity index (χ4n) is 1.31. The van der Waals surface area contributed by atoms with Crippen molar-refractivity contribution in [2.45, 2.75) is 0 Å². The Morgan fingerprint density at radius 2 is 2.29 bits per heavy atom. The first kappa shape index (κ1) is 9.15. The molecule has 2 aromatic rings. The van der Waals surface area contributed by atoms with Crippen molar-refractivity contribution in [1.82, 2.24) is 0 Å². The zero-order chi connectivity index (χ0) is 10.1. The third-order valence-corrected chi connectivity index (χ3v) is 3.01. The number of methoxy groups -OCH3 is 1. The molecule has 0 aliphatic rings. The van der Waals surface area contributed by atoms with Crippen LogP contribution in [0.3, 0.4) is 0 Å². The third kappa shape index (κ3) is 1.28. The number of fused-ring (bicyclic) bond motifs is 1. The Balaban J connectivity index is 2.82. The number of thiophene rings is 1. The van der Waals surface area contributed by atoms with E-state index in [-0.39, 0.29) is 5.82 Å². The third-order valence-electron chi connectivity index (χ3n) is 1.99. The van der Waals surface area contributed by atoms with Crippen LogP contribution >= 0.6 is 11.3 Å². The number of ether oxygens (including phenoxy) is 1. The van der Waals surface area contributed by atoms with E-state index in [2.05, 4.69) is 0 Å². The lowest BCUT2D eigenvalue weighted by Gasteiger charge is -2.01. The van der Waals surface area contributed by atoms with Crippen LogP contribution in [-0.2, 0) is 0 Å². The molecule has 0 radical (unpaired) electrons. The summed E-state index contributed by atoms with van der Waals surface area (Å²) in [7, 11) is 1.49. The van der Waals surface area contributed by atoms with Crippen LogP contribution in [0.2, 0.25) is 0 Å². The molecule has 72 valence electrons. The number of carbonyl (C=O) groups excluding carboxylic acids is 1. The summed E-state index contributed by atoms with van der Waals surface area (Å²) in [5.41, 5.74) is 0.466. The second kappa shape index (κ2) is 3.38. The van der Waals surface area contributed by atoms with Crippen LogP contribution < -0.4 is 4.74 Å². The largest absolute Gasteiger partial charge is 0.497 e. The van der Waals surface area contributed by atoms with Gasteiger partial charge in [0.05, 0.1) is 7.11 Å². The van der Waals surface area contributed by atoms with Crippen molar-refractivity contribution in [3.8, 4) is 5.75 Å². The summed E-state index contributed by atoms with van der Waals surface area (Å²) in [6.07, 6.45) is 0.709. The molecule has 0 saturated heterocycles. The number of rotatable bonds is 2. The molecule has 1 heterocycles. The molecular formula is C10H7FO2S. The van der Waals surface area contributed by atoms with Gasteiger partial charge in [-0.05, 0) is 12.1 Å². The van der Waals surface area contributed by atoms with Gasteiger partial charge < -0.3 is 4.74 Å². The smallest absolute Gasteiger partial charge is 0.151 e. The Bertz CT molecular complexity index is 490. The van der Waals surface area contributed by atoms with Gasteiger partial charge in [-0.25, -0.2) is 4.39 Å². The molecule has 0 saturated carbocycles. The molecular weight excluding hydrogens is 203 g/mol. The van der Waals surface area contributed by atoms with Gasteiger partial charge in [-0.1, -0.05) is 0 Å². The summed E-state index contributed by atoms with van der Waals surface area (Å²) >= 11 is 1.22. The van der Waals surface area contributed by atoms with E-state index in [9.17, 15) is 9.18 Å². The first-order valence-corrected chi connectivity index (χ1v) is 4.84. The second-order valence-corrected chi connectivity index (χ2v) is 3.67.